The van der Waals surface area contributed by atoms with Crippen LogP contribution in [0.2, 0.25) is 0 Å². The summed E-state index contributed by atoms with van der Waals surface area (Å²) < 4.78 is 0. The van der Waals surface area contributed by atoms with Gasteiger partial charge < -0.3 is 10.2 Å². The molecule has 2 fully saturated rings. The van der Waals surface area contributed by atoms with Crippen molar-refractivity contribution >= 4 is 5.69 Å². The Kier molecular flexibility index (Phi) is 4.77. The number of fused-ring (bicyclic) bond motifs is 1. The van der Waals surface area contributed by atoms with Crippen molar-refractivity contribution in [3.8, 4) is 6.07 Å². The number of likely N-dealkylation sites (tertiary alicyclic amines) is 1. The summed E-state index contributed by atoms with van der Waals surface area (Å²) in [7, 11) is 0. The van der Waals surface area contributed by atoms with Crippen LogP contribution in [0.15, 0.2) is 24.3 Å². The summed E-state index contributed by atoms with van der Waals surface area (Å²) in [6.45, 7) is 5.00. The number of rotatable bonds is 6. The first-order valence-electron chi connectivity index (χ1n) is 8.31. The van der Waals surface area contributed by atoms with Crippen molar-refractivity contribution in [1.82, 2.24) is 4.90 Å². The first kappa shape index (κ1) is 14.4. The molecule has 1 N–H and O–H groups in total. The molecule has 1 aromatic rings. The van der Waals surface area contributed by atoms with E-state index in [9.17, 15) is 0 Å². The lowest BCUT2D eigenvalue weighted by Gasteiger charge is -2.16. The van der Waals surface area contributed by atoms with E-state index < -0.39 is 0 Å². The molecule has 0 amide bonds. The number of nitriles is 1. The van der Waals surface area contributed by atoms with Gasteiger partial charge in [-0.25, -0.2) is 0 Å². The van der Waals surface area contributed by atoms with Crippen LogP contribution in [0.3, 0.4) is 0 Å². The Hall–Kier alpha value is -1.53. The maximum absolute atomic E-state index is 8.76. The van der Waals surface area contributed by atoms with Gasteiger partial charge in [-0.1, -0.05) is 6.42 Å². The standard InChI is InChI=1S/C18H25N3/c19-12-15-6-8-18(9-7-15)20-10-1-2-11-21-13-16-4-3-5-17(16)14-21/h6-9,16-17,20H,1-5,10-11,13-14H2. The SMILES string of the molecule is N#Cc1ccc(NCCCCN2CC3CCCC3C2)cc1. The fourth-order valence-electron chi connectivity index (χ4n) is 3.87. The monoisotopic (exact) mass is 283 g/mol. The topological polar surface area (TPSA) is 39.1 Å². The molecule has 0 spiro atoms. The highest BCUT2D eigenvalue weighted by Crippen LogP contribution is 2.37. The van der Waals surface area contributed by atoms with E-state index in [-0.39, 0.29) is 0 Å². The van der Waals surface area contributed by atoms with Crippen LogP contribution >= 0.6 is 0 Å². The summed E-state index contributed by atoms with van der Waals surface area (Å²) >= 11 is 0. The quantitative estimate of drug-likeness (QED) is 0.812. The summed E-state index contributed by atoms with van der Waals surface area (Å²) in [6.07, 6.45) is 6.91. The zero-order chi connectivity index (χ0) is 14.5. The summed E-state index contributed by atoms with van der Waals surface area (Å²) in [5.41, 5.74) is 1.84. The van der Waals surface area contributed by atoms with Gasteiger partial charge in [0.05, 0.1) is 11.6 Å². The Balaban J connectivity index is 1.29. The van der Waals surface area contributed by atoms with Gasteiger partial charge in [0.25, 0.3) is 0 Å². The van der Waals surface area contributed by atoms with Crippen molar-refractivity contribution in [2.75, 3.05) is 31.5 Å². The molecule has 1 heterocycles. The zero-order valence-corrected chi connectivity index (χ0v) is 12.7. The Labute approximate surface area is 128 Å². The number of benzene rings is 1. The van der Waals surface area contributed by atoms with Gasteiger partial charge in [-0.3, -0.25) is 0 Å². The average Bonchev–Trinajstić information content (AvgIpc) is 3.09. The second kappa shape index (κ2) is 6.95. The Bertz CT molecular complexity index is 476. The molecule has 0 radical (unpaired) electrons. The fraction of sp³-hybridized carbons (Fsp3) is 0.611. The maximum atomic E-state index is 8.76. The van der Waals surface area contributed by atoms with E-state index in [4.69, 9.17) is 5.26 Å². The van der Waals surface area contributed by atoms with Gasteiger partial charge in [0, 0.05) is 25.3 Å². The number of anilines is 1. The van der Waals surface area contributed by atoms with Gasteiger partial charge in [0.1, 0.15) is 0 Å². The lowest BCUT2D eigenvalue weighted by atomic mass is 10.0. The molecule has 1 saturated carbocycles. The molecule has 2 atom stereocenters. The Morgan fingerprint density at radius 2 is 1.81 bits per heavy atom. The van der Waals surface area contributed by atoms with Crippen LogP contribution in [0, 0.1) is 23.2 Å². The Morgan fingerprint density at radius 3 is 2.48 bits per heavy atom. The zero-order valence-electron chi connectivity index (χ0n) is 12.7. The first-order valence-corrected chi connectivity index (χ1v) is 8.31. The van der Waals surface area contributed by atoms with Crippen LogP contribution in [-0.2, 0) is 0 Å². The third-order valence-electron chi connectivity index (χ3n) is 5.05. The minimum absolute atomic E-state index is 0.722. The molecule has 0 bridgehead atoms. The molecule has 2 aliphatic rings. The van der Waals surface area contributed by atoms with Crippen molar-refractivity contribution in [3.05, 3.63) is 29.8 Å². The summed E-state index contributed by atoms with van der Waals surface area (Å²) in [4.78, 5) is 2.68. The lowest BCUT2D eigenvalue weighted by molar-refractivity contribution is 0.305. The highest BCUT2D eigenvalue weighted by Gasteiger charge is 2.35. The largest absolute Gasteiger partial charge is 0.385 e. The minimum Gasteiger partial charge on any atom is -0.385 e. The van der Waals surface area contributed by atoms with E-state index in [1.54, 1.807) is 0 Å². The number of hydrogen-bond donors (Lipinski definition) is 1. The van der Waals surface area contributed by atoms with Gasteiger partial charge in [0.2, 0.25) is 0 Å². The van der Waals surface area contributed by atoms with Crippen LogP contribution in [0.25, 0.3) is 0 Å². The van der Waals surface area contributed by atoms with E-state index in [1.807, 2.05) is 24.3 Å². The number of hydrogen-bond acceptors (Lipinski definition) is 3. The molecule has 1 aliphatic heterocycles. The third-order valence-corrected chi connectivity index (χ3v) is 5.05. The van der Waals surface area contributed by atoms with Gasteiger partial charge in [-0.2, -0.15) is 5.26 Å². The second-order valence-corrected chi connectivity index (χ2v) is 6.53. The fourth-order valence-corrected chi connectivity index (χ4v) is 3.87. The molecule has 21 heavy (non-hydrogen) atoms. The van der Waals surface area contributed by atoms with Gasteiger partial charge in [-0.05, 0) is 68.3 Å². The van der Waals surface area contributed by atoms with E-state index >= 15 is 0 Å². The van der Waals surface area contributed by atoms with E-state index in [1.165, 1.54) is 51.7 Å². The van der Waals surface area contributed by atoms with Crippen LogP contribution in [0.5, 0.6) is 0 Å². The van der Waals surface area contributed by atoms with Crippen molar-refractivity contribution in [3.63, 3.8) is 0 Å². The molecule has 0 aromatic heterocycles. The molecule has 1 saturated heterocycles. The van der Waals surface area contributed by atoms with Gasteiger partial charge >= 0.3 is 0 Å². The average molecular weight is 283 g/mol. The molecule has 1 aliphatic carbocycles. The van der Waals surface area contributed by atoms with Crippen LogP contribution < -0.4 is 5.32 Å². The molecule has 112 valence electrons. The smallest absolute Gasteiger partial charge is 0.0991 e. The molecular formula is C18H25N3. The van der Waals surface area contributed by atoms with Crippen molar-refractivity contribution in [1.29, 1.82) is 5.26 Å². The molecule has 3 heteroatoms. The molecule has 3 nitrogen and oxygen atoms in total. The number of unbranched alkanes of at least 4 members (excludes halogenated alkanes) is 1. The molecule has 1 aromatic carbocycles. The molecule has 3 rings (SSSR count). The van der Waals surface area contributed by atoms with E-state index in [0.29, 0.717) is 0 Å². The maximum Gasteiger partial charge on any atom is 0.0991 e. The molecule has 2 unspecified atom stereocenters. The van der Waals surface area contributed by atoms with Crippen molar-refractivity contribution < 1.29 is 0 Å². The summed E-state index contributed by atoms with van der Waals surface area (Å²) in [6, 6.07) is 9.85. The number of nitrogens with one attached hydrogen (secondary N) is 1. The van der Waals surface area contributed by atoms with Gasteiger partial charge in [0.15, 0.2) is 0 Å². The van der Waals surface area contributed by atoms with Crippen molar-refractivity contribution in [2.45, 2.75) is 32.1 Å². The Morgan fingerprint density at radius 1 is 1.10 bits per heavy atom. The highest BCUT2D eigenvalue weighted by atomic mass is 15.2. The van der Waals surface area contributed by atoms with Crippen LogP contribution in [-0.4, -0.2) is 31.1 Å². The first-order chi connectivity index (χ1) is 10.3. The number of nitrogens with zero attached hydrogens (tertiary/aromatic N) is 2. The van der Waals surface area contributed by atoms with Crippen LogP contribution in [0.4, 0.5) is 5.69 Å². The predicted octanol–water partition coefficient (Wildman–Crippen LogP) is 3.48. The van der Waals surface area contributed by atoms with Crippen molar-refractivity contribution in [2.24, 2.45) is 11.8 Å². The normalized spacial score (nSPS) is 24.7. The van der Waals surface area contributed by atoms with E-state index in [0.717, 1.165) is 29.6 Å². The third kappa shape index (κ3) is 3.77. The van der Waals surface area contributed by atoms with E-state index in [2.05, 4.69) is 16.3 Å². The second-order valence-electron chi connectivity index (χ2n) is 6.53. The lowest BCUT2D eigenvalue weighted by Crippen LogP contribution is -2.23. The summed E-state index contributed by atoms with van der Waals surface area (Å²) in [5, 5.41) is 12.2. The van der Waals surface area contributed by atoms with Crippen LogP contribution in [0.1, 0.15) is 37.7 Å². The highest BCUT2D eigenvalue weighted by molar-refractivity contribution is 5.46. The molecular weight excluding hydrogens is 258 g/mol. The predicted molar refractivity (Wildman–Crippen MR) is 86.2 cm³/mol. The minimum atomic E-state index is 0.722. The summed E-state index contributed by atoms with van der Waals surface area (Å²) in [5.74, 6) is 2.03. The van der Waals surface area contributed by atoms with Gasteiger partial charge in [-0.15, -0.1) is 0 Å².